The number of rotatable bonds is 5. The highest BCUT2D eigenvalue weighted by Crippen LogP contribution is 2.13. The van der Waals surface area contributed by atoms with E-state index < -0.39 is 5.97 Å². The highest BCUT2D eigenvalue weighted by atomic mass is 32.2. The van der Waals surface area contributed by atoms with Crippen molar-refractivity contribution in [2.45, 2.75) is 11.6 Å². The zero-order chi connectivity index (χ0) is 12.1. The van der Waals surface area contributed by atoms with E-state index in [1.807, 2.05) is 6.07 Å². The number of aromatic nitrogens is 5. The Balaban J connectivity index is 1.84. The van der Waals surface area contributed by atoms with Gasteiger partial charge in [0.05, 0.1) is 17.8 Å². The molecule has 0 amide bonds. The number of thioether (sulfide) groups is 1. The van der Waals surface area contributed by atoms with Crippen LogP contribution in [-0.4, -0.2) is 41.8 Å². The first kappa shape index (κ1) is 11.5. The van der Waals surface area contributed by atoms with Gasteiger partial charge in [0.1, 0.15) is 6.33 Å². The van der Waals surface area contributed by atoms with E-state index in [0.29, 0.717) is 6.54 Å². The summed E-state index contributed by atoms with van der Waals surface area (Å²) in [6, 6.07) is 1.81. The van der Waals surface area contributed by atoms with Gasteiger partial charge < -0.3 is 5.11 Å². The molecule has 1 N–H and O–H groups in total. The third-order valence-corrected chi connectivity index (χ3v) is 2.81. The molecule has 17 heavy (non-hydrogen) atoms. The Labute approximate surface area is 101 Å². The zero-order valence-corrected chi connectivity index (χ0v) is 9.54. The summed E-state index contributed by atoms with van der Waals surface area (Å²) >= 11 is 1.55. The van der Waals surface area contributed by atoms with Gasteiger partial charge in [0.15, 0.2) is 5.69 Å². The van der Waals surface area contributed by atoms with Crippen LogP contribution < -0.4 is 0 Å². The molecule has 0 unspecified atom stereocenters. The fourth-order valence-electron chi connectivity index (χ4n) is 1.11. The molecule has 0 aromatic carbocycles. The van der Waals surface area contributed by atoms with Crippen LogP contribution in [0.2, 0.25) is 0 Å². The molecule has 7 nitrogen and oxygen atoms in total. The number of nitrogens with zero attached hydrogens (tertiary/aromatic N) is 5. The van der Waals surface area contributed by atoms with Crippen molar-refractivity contribution in [3.8, 4) is 0 Å². The van der Waals surface area contributed by atoms with Crippen LogP contribution in [0, 0.1) is 0 Å². The minimum atomic E-state index is -1.07. The second kappa shape index (κ2) is 5.39. The Morgan fingerprint density at radius 1 is 1.53 bits per heavy atom. The van der Waals surface area contributed by atoms with Crippen LogP contribution in [0.1, 0.15) is 10.5 Å². The van der Waals surface area contributed by atoms with E-state index >= 15 is 0 Å². The van der Waals surface area contributed by atoms with Gasteiger partial charge in [-0.25, -0.2) is 14.8 Å². The topological polar surface area (TPSA) is 93.8 Å². The predicted octanol–water partition coefficient (Wildman–Crippen LogP) is 0.559. The van der Waals surface area contributed by atoms with Gasteiger partial charge in [-0.15, -0.1) is 16.9 Å². The molecule has 0 fully saturated rings. The lowest BCUT2D eigenvalue weighted by Crippen LogP contribution is -2.01. The smallest absolute Gasteiger partial charge is 0.358 e. The Bertz CT molecular complexity index is 501. The standard InChI is InChI=1S/C9H9N5O2S/c15-9(16)7-5-14(13-12-7)3-4-17-8-1-2-10-6-11-8/h1-2,5-6H,3-4H2,(H,15,16). The number of aryl methyl sites for hydroxylation is 1. The molecule has 2 aromatic heterocycles. The van der Waals surface area contributed by atoms with E-state index in [-0.39, 0.29) is 5.69 Å². The molecule has 0 saturated carbocycles. The van der Waals surface area contributed by atoms with Crippen molar-refractivity contribution in [1.82, 2.24) is 25.0 Å². The molecule has 0 aliphatic carbocycles. The Morgan fingerprint density at radius 2 is 2.41 bits per heavy atom. The molecule has 0 aliphatic rings. The summed E-state index contributed by atoms with van der Waals surface area (Å²) in [6.07, 6.45) is 4.57. The Morgan fingerprint density at radius 3 is 3.06 bits per heavy atom. The van der Waals surface area contributed by atoms with Crippen molar-refractivity contribution in [3.63, 3.8) is 0 Å². The minimum Gasteiger partial charge on any atom is -0.476 e. The van der Waals surface area contributed by atoms with Crippen LogP contribution in [0.4, 0.5) is 0 Å². The third kappa shape index (κ3) is 3.25. The normalized spacial score (nSPS) is 10.4. The molecular weight excluding hydrogens is 242 g/mol. The van der Waals surface area contributed by atoms with Crippen LogP contribution in [0.15, 0.2) is 29.8 Å². The summed E-state index contributed by atoms with van der Waals surface area (Å²) in [4.78, 5) is 18.4. The van der Waals surface area contributed by atoms with Crippen LogP contribution in [0.5, 0.6) is 0 Å². The van der Waals surface area contributed by atoms with Gasteiger partial charge in [-0.2, -0.15) is 0 Å². The fraction of sp³-hybridized carbons (Fsp3) is 0.222. The summed E-state index contributed by atoms with van der Waals surface area (Å²) in [6.45, 7) is 0.578. The lowest BCUT2D eigenvalue weighted by atomic mass is 10.5. The molecule has 2 aromatic rings. The predicted molar refractivity (Wildman–Crippen MR) is 59.7 cm³/mol. The number of carboxylic acid groups (broad SMARTS) is 1. The second-order valence-corrected chi connectivity index (χ2v) is 4.18. The maximum Gasteiger partial charge on any atom is 0.358 e. The van der Waals surface area contributed by atoms with E-state index in [4.69, 9.17) is 5.11 Å². The minimum absolute atomic E-state index is 0.0444. The molecule has 0 radical (unpaired) electrons. The van der Waals surface area contributed by atoms with Gasteiger partial charge in [0.2, 0.25) is 0 Å². The largest absolute Gasteiger partial charge is 0.476 e. The van der Waals surface area contributed by atoms with Gasteiger partial charge in [-0.1, -0.05) is 5.21 Å². The monoisotopic (exact) mass is 251 g/mol. The van der Waals surface area contributed by atoms with Crippen molar-refractivity contribution < 1.29 is 9.90 Å². The van der Waals surface area contributed by atoms with Crippen molar-refractivity contribution in [2.24, 2.45) is 0 Å². The van der Waals surface area contributed by atoms with Crippen LogP contribution in [-0.2, 0) is 6.54 Å². The quantitative estimate of drug-likeness (QED) is 0.612. The van der Waals surface area contributed by atoms with E-state index in [1.54, 1.807) is 18.0 Å². The first-order chi connectivity index (χ1) is 8.25. The van der Waals surface area contributed by atoms with Crippen LogP contribution >= 0.6 is 11.8 Å². The molecule has 2 rings (SSSR count). The molecule has 0 atom stereocenters. The maximum atomic E-state index is 10.6. The highest BCUT2D eigenvalue weighted by molar-refractivity contribution is 7.99. The molecule has 0 saturated heterocycles. The van der Waals surface area contributed by atoms with E-state index in [2.05, 4.69) is 20.3 Å². The number of aromatic carboxylic acids is 1. The van der Waals surface area contributed by atoms with Crippen molar-refractivity contribution >= 4 is 17.7 Å². The lowest BCUT2D eigenvalue weighted by molar-refractivity contribution is 0.0690. The SMILES string of the molecule is O=C(O)c1cn(CCSc2ccncn2)nn1. The molecule has 0 spiro atoms. The average Bonchev–Trinajstić information content (AvgIpc) is 2.79. The van der Waals surface area contributed by atoms with Crippen LogP contribution in [0.25, 0.3) is 0 Å². The molecule has 2 heterocycles. The van der Waals surface area contributed by atoms with Crippen molar-refractivity contribution in [3.05, 3.63) is 30.5 Å². The van der Waals surface area contributed by atoms with Gasteiger partial charge in [0.25, 0.3) is 0 Å². The van der Waals surface area contributed by atoms with Crippen molar-refractivity contribution in [1.29, 1.82) is 0 Å². The van der Waals surface area contributed by atoms with Gasteiger partial charge in [-0.3, -0.25) is 4.68 Å². The fourth-order valence-corrected chi connectivity index (χ4v) is 1.88. The van der Waals surface area contributed by atoms with Gasteiger partial charge >= 0.3 is 5.97 Å². The number of hydrogen-bond acceptors (Lipinski definition) is 6. The van der Waals surface area contributed by atoms with E-state index in [9.17, 15) is 4.79 Å². The van der Waals surface area contributed by atoms with E-state index in [0.717, 1.165) is 10.8 Å². The number of carboxylic acids is 1. The summed E-state index contributed by atoms with van der Waals surface area (Å²) < 4.78 is 1.50. The molecular formula is C9H9N5O2S. The number of hydrogen-bond donors (Lipinski definition) is 1. The summed E-state index contributed by atoms with van der Waals surface area (Å²) in [5.41, 5.74) is -0.0444. The zero-order valence-electron chi connectivity index (χ0n) is 8.72. The second-order valence-electron chi connectivity index (χ2n) is 3.07. The first-order valence-corrected chi connectivity index (χ1v) is 5.76. The van der Waals surface area contributed by atoms with E-state index in [1.165, 1.54) is 17.2 Å². The summed E-state index contributed by atoms with van der Waals surface area (Å²) in [5.74, 6) is -0.334. The summed E-state index contributed by atoms with van der Waals surface area (Å²) in [7, 11) is 0. The van der Waals surface area contributed by atoms with Crippen LogP contribution in [0.3, 0.4) is 0 Å². The molecule has 0 bridgehead atoms. The Hall–Kier alpha value is -1.96. The molecule has 0 aliphatic heterocycles. The van der Waals surface area contributed by atoms with Gasteiger partial charge in [-0.05, 0) is 6.07 Å². The average molecular weight is 251 g/mol. The Kier molecular flexibility index (Phi) is 3.66. The number of carbonyl (C=O) groups is 1. The van der Waals surface area contributed by atoms with Gasteiger partial charge in [0, 0.05) is 11.9 Å². The first-order valence-electron chi connectivity index (χ1n) is 4.78. The third-order valence-electron chi connectivity index (χ3n) is 1.88. The highest BCUT2D eigenvalue weighted by Gasteiger charge is 2.07. The maximum absolute atomic E-state index is 10.6. The van der Waals surface area contributed by atoms with Crippen molar-refractivity contribution in [2.75, 3.05) is 5.75 Å². The molecule has 88 valence electrons. The lowest BCUT2D eigenvalue weighted by Gasteiger charge is -1.99. The summed E-state index contributed by atoms with van der Waals surface area (Å²) in [5, 5.41) is 16.8. The molecule has 8 heteroatoms.